The van der Waals surface area contributed by atoms with Crippen LogP contribution in [0.5, 0.6) is 11.5 Å². The number of methoxy groups -OCH3 is 3. The standard InChI is InChI=1S/C27H26F6N6O5S/c1-14-12-34-23(35-13-14)22(44-5)15(2)45(40,41)38-25-37-36-24(39(25)21-19(42-3)7-6-8-20(21)43-4)16-9-17(26(28,29)30)11-18(10-16)27(31,32)33/h6-13,15,22H,1-5H3,(H,37,38)/p+1/t15-,22-/m0/s1. The Morgan fingerprint density at radius 3 is 1.91 bits per heavy atom. The van der Waals surface area contributed by atoms with E-state index in [9.17, 15) is 34.8 Å². The van der Waals surface area contributed by atoms with E-state index in [1.165, 1.54) is 58.8 Å². The van der Waals surface area contributed by atoms with Gasteiger partial charge >= 0.3 is 18.3 Å². The van der Waals surface area contributed by atoms with Gasteiger partial charge in [0.05, 0.1) is 30.9 Å². The fraction of sp³-hybridized carbons (Fsp3) is 0.333. The van der Waals surface area contributed by atoms with Crippen LogP contribution in [0.4, 0.5) is 32.0 Å². The normalized spacial score (nSPS) is 17.9. The first-order valence-corrected chi connectivity index (χ1v) is 14.4. The van der Waals surface area contributed by atoms with Gasteiger partial charge in [-0.2, -0.15) is 31.2 Å². The molecule has 45 heavy (non-hydrogen) atoms. The van der Waals surface area contributed by atoms with Crippen LogP contribution >= 0.6 is 0 Å². The van der Waals surface area contributed by atoms with Crippen LogP contribution in [0, 0.1) is 6.92 Å². The molecule has 0 radical (unpaired) electrons. The molecule has 0 saturated carbocycles. The van der Waals surface area contributed by atoms with E-state index in [0.717, 1.165) is 0 Å². The summed E-state index contributed by atoms with van der Waals surface area (Å²) in [4.78, 5) is 7.95. The van der Waals surface area contributed by atoms with Crippen molar-refractivity contribution >= 4 is 27.5 Å². The number of hydrogen-bond donors (Lipinski definition) is 2. The summed E-state index contributed by atoms with van der Waals surface area (Å²) >= 11 is 0. The zero-order chi connectivity index (χ0) is 33.3. The second-order valence-electron chi connectivity index (χ2n) is 9.71. The molecule has 3 aromatic rings. The summed E-state index contributed by atoms with van der Waals surface area (Å²) in [5, 5.41) is 2.53. The molecular weight excluding hydrogens is 634 g/mol. The molecule has 0 amide bonds. The van der Waals surface area contributed by atoms with Gasteiger partial charge in [-0.15, -0.1) is 5.10 Å². The second kappa shape index (κ2) is 12.6. The highest BCUT2D eigenvalue weighted by molar-refractivity contribution is 7.90. The highest BCUT2D eigenvalue weighted by Crippen LogP contribution is 2.37. The van der Waals surface area contributed by atoms with Gasteiger partial charge in [0.1, 0.15) is 11.4 Å². The molecule has 18 heteroatoms. The molecule has 0 saturated heterocycles. The topological polar surface area (TPSA) is 129 Å². The Labute approximate surface area is 253 Å². The minimum atomic E-state index is -5.16. The second-order valence-corrected chi connectivity index (χ2v) is 11.7. The van der Waals surface area contributed by atoms with E-state index in [-0.39, 0.29) is 34.0 Å². The van der Waals surface area contributed by atoms with Crippen LogP contribution in [0.1, 0.15) is 41.1 Å². The first kappa shape index (κ1) is 33.6. The predicted octanol–water partition coefficient (Wildman–Crippen LogP) is 3.78. The van der Waals surface area contributed by atoms with Crippen molar-refractivity contribution in [1.82, 2.24) is 15.4 Å². The summed E-state index contributed by atoms with van der Waals surface area (Å²) in [6, 6.07) is 5.26. The number of rotatable bonds is 9. The SMILES string of the molecule is COc1cccc(OC)c1[NH+]1C(c2cc(C(F)(F)F)cc(C(F)(F)F)c2)=NN/C1=N\S(=O)(=O)[C@@H](C)[C@H](OC)c1ncc(C)cn1. The molecular formula is C27H27F6N6O5S+. The van der Waals surface area contributed by atoms with Crippen molar-refractivity contribution in [3.05, 3.63) is 76.9 Å². The molecule has 0 fully saturated rings. The third-order valence-corrected chi connectivity index (χ3v) is 8.33. The summed E-state index contributed by atoms with van der Waals surface area (Å²) in [5.41, 5.74) is -0.807. The highest BCUT2D eigenvalue weighted by atomic mass is 32.2. The number of nitrogens with one attached hydrogen (secondary N) is 2. The van der Waals surface area contributed by atoms with Crippen LogP contribution in [0.3, 0.4) is 0 Å². The Morgan fingerprint density at radius 1 is 0.911 bits per heavy atom. The predicted molar refractivity (Wildman–Crippen MR) is 149 cm³/mol. The Morgan fingerprint density at radius 2 is 1.44 bits per heavy atom. The molecule has 242 valence electrons. The molecule has 1 unspecified atom stereocenters. The number of ether oxygens (including phenoxy) is 3. The maximum absolute atomic E-state index is 13.7. The number of halogens is 6. The third-order valence-electron chi connectivity index (χ3n) is 6.71. The maximum atomic E-state index is 13.7. The molecule has 1 aliphatic rings. The average molecular weight is 662 g/mol. The molecule has 2 aromatic carbocycles. The zero-order valence-electron chi connectivity index (χ0n) is 24.3. The van der Waals surface area contributed by atoms with E-state index in [1.807, 2.05) is 0 Å². The average Bonchev–Trinajstić information content (AvgIpc) is 3.38. The molecule has 11 nitrogen and oxygen atoms in total. The minimum Gasteiger partial charge on any atom is -0.491 e. The van der Waals surface area contributed by atoms with Gasteiger partial charge in [0, 0.05) is 19.5 Å². The molecule has 1 aliphatic heterocycles. The van der Waals surface area contributed by atoms with Gasteiger partial charge in [0.2, 0.25) is 5.69 Å². The monoisotopic (exact) mass is 661 g/mol. The van der Waals surface area contributed by atoms with E-state index in [4.69, 9.17) is 14.2 Å². The van der Waals surface area contributed by atoms with Crippen LogP contribution in [0.2, 0.25) is 0 Å². The lowest BCUT2D eigenvalue weighted by Crippen LogP contribution is -3.12. The van der Waals surface area contributed by atoms with Crippen LogP contribution in [-0.4, -0.2) is 56.8 Å². The molecule has 2 heterocycles. The largest absolute Gasteiger partial charge is 0.491 e. The fourth-order valence-electron chi connectivity index (χ4n) is 4.46. The van der Waals surface area contributed by atoms with E-state index in [2.05, 4.69) is 24.9 Å². The molecule has 1 aromatic heterocycles. The lowest BCUT2D eigenvalue weighted by Gasteiger charge is -2.21. The van der Waals surface area contributed by atoms with E-state index < -0.39 is 62.2 Å². The number of hydrogen-bond acceptors (Lipinski definition) is 8. The Balaban J connectivity index is 1.92. The van der Waals surface area contributed by atoms with E-state index in [1.54, 1.807) is 6.92 Å². The number of benzene rings is 2. The smallest absolute Gasteiger partial charge is 0.416 e. The van der Waals surface area contributed by atoms with Gasteiger partial charge in [-0.25, -0.2) is 23.8 Å². The summed E-state index contributed by atoms with van der Waals surface area (Å²) < 4.78 is 130. The molecule has 0 bridgehead atoms. The number of quaternary nitrogens is 1. The quantitative estimate of drug-likeness (QED) is 0.332. The van der Waals surface area contributed by atoms with Gasteiger partial charge < -0.3 is 14.2 Å². The number of para-hydroxylation sites is 1. The number of guanidine groups is 1. The van der Waals surface area contributed by atoms with Gasteiger partial charge in [-0.1, -0.05) is 10.5 Å². The lowest BCUT2D eigenvalue weighted by molar-refractivity contribution is -0.616. The number of hydrazone groups is 1. The highest BCUT2D eigenvalue weighted by Gasteiger charge is 2.44. The number of aromatic nitrogens is 2. The first-order chi connectivity index (χ1) is 21.0. The summed E-state index contributed by atoms with van der Waals surface area (Å²) in [6.45, 7) is 3.01. The van der Waals surface area contributed by atoms with Gasteiger partial charge in [0.15, 0.2) is 17.3 Å². The van der Waals surface area contributed by atoms with Gasteiger partial charge in [-0.05, 0) is 49.7 Å². The molecule has 4 rings (SSSR count). The minimum absolute atomic E-state index is 0.0322. The van der Waals surface area contributed by atoms with Crippen molar-refractivity contribution in [2.45, 2.75) is 37.6 Å². The summed E-state index contributed by atoms with van der Waals surface area (Å²) in [6.07, 6.45) is -8.60. The number of sulfonamides is 1. The van der Waals surface area contributed by atoms with E-state index >= 15 is 0 Å². The van der Waals surface area contributed by atoms with Crippen LogP contribution in [-0.2, 0) is 27.1 Å². The van der Waals surface area contributed by atoms with Gasteiger partial charge in [0.25, 0.3) is 15.9 Å². The number of aryl methyl sites for hydroxylation is 1. The van der Waals surface area contributed by atoms with Crippen molar-refractivity contribution in [1.29, 1.82) is 0 Å². The molecule has 3 atom stereocenters. The molecule has 0 spiro atoms. The van der Waals surface area contributed by atoms with Crippen molar-refractivity contribution in [2.24, 2.45) is 9.50 Å². The van der Waals surface area contributed by atoms with Crippen molar-refractivity contribution in [2.75, 3.05) is 21.3 Å². The van der Waals surface area contributed by atoms with E-state index in [0.29, 0.717) is 17.7 Å². The number of amidine groups is 1. The third kappa shape index (κ3) is 7.02. The summed E-state index contributed by atoms with van der Waals surface area (Å²) in [7, 11) is -0.827. The van der Waals surface area contributed by atoms with Crippen LogP contribution < -0.4 is 19.8 Å². The molecule has 2 N–H and O–H groups in total. The fourth-order valence-corrected chi connectivity index (χ4v) is 5.55. The van der Waals surface area contributed by atoms with Crippen LogP contribution in [0.15, 0.2) is 58.3 Å². The maximum Gasteiger partial charge on any atom is 0.416 e. The molecule has 0 aliphatic carbocycles. The number of alkyl halides is 6. The van der Waals surface area contributed by atoms with Crippen LogP contribution in [0.25, 0.3) is 0 Å². The van der Waals surface area contributed by atoms with Crippen molar-refractivity contribution < 1.29 is 53.9 Å². The Kier molecular flexibility index (Phi) is 9.41. The lowest BCUT2D eigenvalue weighted by atomic mass is 10.0. The number of nitrogens with zero attached hydrogens (tertiary/aromatic N) is 4. The summed E-state index contributed by atoms with van der Waals surface area (Å²) in [5.74, 6) is -0.907. The Bertz CT molecular complexity index is 1670. The first-order valence-electron chi connectivity index (χ1n) is 12.9. The van der Waals surface area contributed by atoms with Crippen molar-refractivity contribution in [3.8, 4) is 11.5 Å². The Hall–Kier alpha value is -4.29. The van der Waals surface area contributed by atoms with Gasteiger partial charge in [-0.3, -0.25) is 0 Å². The van der Waals surface area contributed by atoms with Crippen molar-refractivity contribution in [3.63, 3.8) is 0 Å². The zero-order valence-corrected chi connectivity index (χ0v) is 25.1.